The van der Waals surface area contributed by atoms with Crippen molar-refractivity contribution < 1.29 is 27.5 Å². The first-order chi connectivity index (χ1) is 9.71. The second-order valence-corrected chi connectivity index (χ2v) is 6.41. The van der Waals surface area contributed by atoms with Crippen LogP contribution in [0.2, 0.25) is 0 Å². The number of nitrogens with one attached hydrogen (secondary N) is 1. The summed E-state index contributed by atoms with van der Waals surface area (Å²) in [6, 6.07) is 2.40. The maximum absolute atomic E-state index is 13.8. The van der Waals surface area contributed by atoms with E-state index in [2.05, 4.69) is 11.9 Å². The number of sulfone groups is 1. The number of carbonyl (C=O) groups is 2. The molecule has 0 heterocycles. The number of aromatic carboxylic acids is 1. The molecule has 0 aliphatic rings. The number of benzene rings is 1. The lowest BCUT2D eigenvalue weighted by atomic mass is 10.2. The Bertz CT molecular complexity index is 684. The van der Waals surface area contributed by atoms with E-state index in [0.717, 1.165) is 19.1 Å². The SMILES string of the molecule is C=CCNC(=O)C(C)S(=O)(=O)c1ccc(C(=O)O)cc1F. The molecule has 0 aromatic heterocycles. The van der Waals surface area contributed by atoms with Crippen LogP contribution < -0.4 is 5.32 Å². The van der Waals surface area contributed by atoms with Crippen LogP contribution in [0.3, 0.4) is 0 Å². The van der Waals surface area contributed by atoms with Gasteiger partial charge in [0.2, 0.25) is 5.91 Å². The van der Waals surface area contributed by atoms with Gasteiger partial charge in [-0.1, -0.05) is 6.08 Å². The van der Waals surface area contributed by atoms with Crippen molar-refractivity contribution in [2.45, 2.75) is 17.1 Å². The highest BCUT2D eigenvalue weighted by molar-refractivity contribution is 7.92. The number of hydrogen-bond donors (Lipinski definition) is 2. The predicted molar refractivity (Wildman–Crippen MR) is 73.2 cm³/mol. The van der Waals surface area contributed by atoms with Crippen molar-refractivity contribution in [3.8, 4) is 0 Å². The largest absolute Gasteiger partial charge is 0.478 e. The van der Waals surface area contributed by atoms with Crippen LogP contribution in [-0.4, -0.2) is 37.2 Å². The van der Waals surface area contributed by atoms with E-state index >= 15 is 0 Å². The predicted octanol–water partition coefficient (Wildman–Crippen LogP) is 0.988. The maximum atomic E-state index is 13.8. The first-order valence-corrected chi connectivity index (χ1v) is 7.41. The number of halogens is 1. The van der Waals surface area contributed by atoms with Crippen molar-refractivity contribution >= 4 is 21.7 Å². The topological polar surface area (TPSA) is 101 Å². The Morgan fingerprint density at radius 1 is 1.48 bits per heavy atom. The van der Waals surface area contributed by atoms with Gasteiger partial charge in [0.15, 0.2) is 9.84 Å². The Morgan fingerprint density at radius 3 is 2.57 bits per heavy atom. The molecule has 1 aromatic rings. The number of hydrogen-bond acceptors (Lipinski definition) is 4. The molecule has 0 spiro atoms. The summed E-state index contributed by atoms with van der Waals surface area (Å²) in [5.74, 6) is -3.38. The monoisotopic (exact) mass is 315 g/mol. The normalized spacial score (nSPS) is 12.5. The summed E-state index contributed by atoms with van der Waals surface area (Å²) in [6.07, 6.45) is 1.37. The zero-order valence-corrected chi connectivity index (χ0v) is 12.0. The average molecular weight is 315 g/mol. The molecule has 1 unspecified atom stereocenters. The second-order valence-electron chi connectivity index (χ2n) is 4.17. The molecule has 21 heavy (non-hydrogen) atoms. The molecule has 0 saturated heterocycles. The van der Waals surface area contributed by atoms with Gasteiger partial charge in [-0.15, -0.1) is 6.58 Å². The Balaban J connectivity index is 3.16. The Labute approximate surface area is 121 Å². The highest BCUT2D eigenvalue weighted by atomic mass is 32.2. The fourth-order valence-corrected chi connectivity index (χ4v) is 2.85. The van der Waals surface area contributed by atoms with Crippen molar-refractivity contribution in [1.82, 2.24) is 5.32 Å². The van der Waals surface area contributed by atoms with E-state index in [4.69, 9.17) is 5.11 Å². The summed E-state index contributed by atoms with van der Waals surface area (Å²) >= 11 is 0. The van der Waals surface area contributed by atoms with Crippen LogP contribution >= 0.6 is 0 Å². The third kappa shape index (κ3) is 3.66. The Hall–Kier alpha value is -2.22. The minimum atomic E-state index is -4.26. The molecule has 6 nitrogen and oxygen atoms in total. The lowest BCUT2D eigenvalue weighted by Gasteiger charge is -2.13. The van der Waals surface area contributed by atoms with Gasteiger partial charge in [0.25, 0.3) is 0 Å². The van der Waals surface area contributed by atoms with Gasteiger partial charge in [-0.05, 0) is 25.1 Å². The molecule has 0 aliphatic heterocycles. The molecule has 2 N–H and O–H groups in total. The summed E-state index contributed by atoms with van der Waals surface area (Å²) in [5, 5.41) is 9.50. The van der Waals surface area contributed by atoms with Gasteiger partial charge in [0, 0.05) is 6.54 Å². The van der Waals surface area contributed by atoms with Crippen LogP contribution in [0.25, 0.3) is 0 Å². The van der Waals surface area contributed by atoms with Gasteiger partial charge in [-0.2, -0.15) is 0 Å². The third-order valence-electron chi connectivity index (χ3n) is 2.74. The van der Waals surface area contributed by atoms with E-state index in [0.29, 0.717) is 6.07 Å². The van der Waals surface area contributed by atoms with Crippen molar-refractivity contribution in [3.63, 3.8) is 0 Å². The highest BCUT2D eigenvalue weighted by Gasteiger charge is 2.32. The maximum Gasteiger partial charge on any atom is 0.335 e. The first kappa shape index (κ1) is 16.8. The number of carboxylic acid groups (broad SMARTS) is 1. The molecule has 0 saturated carbocycles. The van der Waals surface area contributed by atoms with Crippen LogP contribution in [-0.2, 0) is 14.6 Å². The standard InChI is InChI=1S/C13H14FNO5S/c1-3-6-15-12(16)8(2)21(19,20)11-5-4-9(13(17)18)7-10(11)14/h3-5,7-8H,1,6H2,2H3,(H,15,16)(H,17,18). The van der Waals surface area contributed by atoms with Crippen LogP contribution in [0.4, 0.5) is 4.39 Å². The molecule has 1 amide bonds. The molecule has 0 radical (unpaired) electrons. The fourth-order valence-electron chi connectivity index (χ4n) is 1.51. The van der Waals surface area contributed by atoms with E-state index in [1.165, 1.54) is 6.08 Å². The average Bonchev–Trinajstić information content (AvgIpc) is 2.43. The summed E-state index contributed by atoms with van der Waals surface area (Å²) in [4.78, 5) is 21.6. The van der Waals surface area contributed by atoms with Gasteiger partial charge in [-0.25, -0.2) is 17.6 Å². The van der Waals surface area contributed by atoms with E-state index in [1.807, 2.05) is 0 Å². The summed E-state index contributed by atoms with van der Waals surface area (Å²) in [5.41, 5.74) is -0.379. The summed E-state index contributed by atoms with van der Waals surface area (Å²) < 4.78 is 38.1. The quantitative estimate of drug-likeness (QED) is 0.762. The van der Waals surface area contributed by atoms with Crippen LogP contribution in [0, 0.1) is 5.82 Å². The number of carbonyl (C=O) groups excluding carboxylic acids is 1. The lowest BCUT2D eigenvalue weighted by Crippen LogP contribution is -2.38. The molecular weight excluding hydrogens is 301 g/mol. The van der Waals surface area contributed by atoms with Gasteiger partial charge in [-0.3, -0.25) is 4.79 Å². The number of rotatable bonds is 6. The van der Waals surface area contributed by atoms with E-state index in [1.54, 1.807) is 0 Å². The summed E-state index contributed by atoms with van der Waals surface area (Å²) in [6.45, 7) is 4.58. The van der Waals surface area contributed by atoms with Crippen LogP contribution in [0.15, 0.2) is 35.7 Å². The number of amides is 1. The minimum Gasteiger partial charge on any atom is -0.478 e. The molecule has 1 atom stereocenters. The smallest absolute Gasteiger partial charge is 0.335 e. The lowest BCUT2D eigenvalue weighted by molar-refractivity contribution is -0.120. The van der Waals surface area contributed by atoms with Gasteiger partial charge in [0.05, 0.1) is 5.56 Å². The Morgan fingerprint density at radius 2 is 2.10 bits per heavy atom. The minimum absolute atomic E-state index is 0.0825. The van der Waals surface area contributed by atoms with Gasteiger partial charge >= 0.3 is 5.97 Å². The molecule has 8 heteroatoms. The van der Waals surface area contributed by atoms with Crippen LogP contribution in [0.5, 0.6) is 0 Å². The molecule has 0 aliphatic carbocycles. The van der Waals surface area contributed by atoms with Gasteiger partial charge < -0.3 is 10.4 Å². The van der Waals surface area contributed by atoms with Crippen molar-refractivity contribution in [2.75, 3.05) is 6.54 Å². The van der Waals surface area contributed by atoms with E-state index in [9.17, 15) is 22.4 Å². The molecule has 1 rings (SSSR count). The molecular formula is C13H14FNO5S. The van der Waals surface area contributed by atoms with Crippen molar-refractivity contribution in [1.29, 1.82) is 0 Å². The third-order valence-corrected chi connectivity index (χ3v) is 4.83. The fraction of sp³-hybridized carbons (Fsp3) is 0.231. The van der Waals surface area contributed by atoms with E-state index < -0.39 is 37.7 Å². The molecule has 0 bridgehead atoms. The molecule has 0 fully saturated rings. The zero-order chi connectivity index (χ0) is 16.2. The van der Waals surface area contributed by atoms with Crippen molar-refractivity contribution in [3.05, 3.63) is 42.2 Å². The highest BCUT2D eigenvalue weighted by Crippen LogP contribution is 2.21. The molecule has 1 aromatic carbocycles. The second kappa shape index (κ2) is 6.49. The number of carboxylic acids is 1. The first-order valence-electron chi connectivity index (χ1n) is 5.87. The zero-order valence-electron chi connectivity index (χ0n) is 11.2. The van der Waals surface area contributed by atoms with Crippen LogP contribution in [0.1, 0.15) is 17.3 Å². The summed E-state index contributed by atoms with van der Waals surface area (Å²) in [7, 11) is -4.26. The Kier molecular flexibility index (Phi) is 5.20. The van der Waals surface area contributed by atoms with E-state index in [-0.39, 0.29) is 12.1 Å². The molecule has 114 valence electrons. The van der Waals surface area contributed by atoms with Gasteiger partial charge in [0.1, 0.15) is 16.0 Å². The van der Waals surface area contributed by atoms with Crippen molar-refractivity contribution in [2.24, 2.45) is 0 Å².